The van der Waals surface area contributed by atoms with Crippen molar-refractivity contribution >= 4 is 28.4 Å². The highest BCUT2D eigenvalue weighted by molar-refractivity contribution is 6.09. The number of nitrogens with zero attached hydrogens (tertiary/aromatic N) is 3. The number of fused-ring (bicyclic) bond motifs is 1. The van der Waals surface area contributed by atoms with Crippen LogP contribution in [0.3, 0.4) is 0 Å². The van der Waals surface area contributed by atoms with Crippen molar-refractivity contribution in [2.24, 2.45) is 0 Å². The average Bonchev–Trinajstić information content (AvgIpc) is 2.95. The van der Waals surface area contributed by atoms with E-state index in [1.54, 1.807) is 13.0 Å². The van der Waals surface area contributed by atoms with E-state index in [4.69, 9.17) is 0 Å². The number of urea groups is 1. The van der Waals surface area contributed by atoms with Crippen molar-refractivity contribution in [1.29, 1.82) is 0 Å². The summed E-state index contributed by atoms with van der Waals surface area (Å²) in [7, 11) is 0. The molecule has 1 fully saturated rings. The fraction of sp³-hybridized carbons (Fsp3) is 0.190. The highest BCUT2D eigenvalue weighted by Gasteiger charge is 2.49. The Labute approximate surface area is 170 Å². The molecule has 30 heavy (non-hydrogen) atoms. The Hall–Kier alpha value is -4.01. The molecular formula is C21H18N4O5. The molecule has 4 rings (SSSR count). The summed E-state index contributed by atoms with van der Waals surface area (Å²) < 4.78 is 1.12. The van der Waals surface area contributed by atoms with Crippen LogP contribution in [0.4, 0.5) is 10.5 Å². The Kier molecular flexibility index (Phi) is 4.57. The third-order valence-corrected chi connectivity index (χ3v) is 5.35. The molecular weight excluding hydrogens is 388 g/mol. The third kappa shape index (κ3) is 3.10. The maximum atomic E-state index is 13.2. The number of nitrogens with one attached hydrogen (secondary N) is 1. The van der Waals surface area contributed by atoms with Gasteiger partial charge in [-0.15, -0.1) is 0 Å². The van der Waals surface area contributed by atoms with Gasteiger partial charge in [-0.3, -0.25) is 24.6 Å². The minimum absolute atomic E-state index is 0.0503. The Balaban J connectivity index is 1.63. The highest BCUT2D eigenvalue weighted by Crippen LogP contribution is 2.33. The van der Waals surface area contributed by atoms with Gasteiger partial charge in [0.25, 0.3) is 17.2 Å². The summed E-state index contributed by atoms with van der Waals surface area (Å²) in [5, 5.41) is 15.5. The molecule has 1 aliphatic heterocycles. The van der Waals surface area contributed by atoms with Gasteiger partial charge in [-0.2, -0.15) is 0 Å². The molecule has 1 atom stereocenters. The lowest BCUT2D eigenvalue weighted by atomic mass is 9.88. The van der Waals surface area contributed by atoms with E-state index in [-0.39, 0.29) is 18.8 Å². The van der Waals surface area contributed by atoms with Crippen molar-refractivity contribution in [3.8, 4) is 0 Å². The van der Waals surface area contributed by atoms with Crippen molar-refractivity contribution in [3.05, 3.63) is 86.8 Å². The van der Waals surface area contributed by atoms with E-state index in [1.807, 2.05) is 36.4 Å². The predicted molar refractivity (Wildman–Crippen MR) is 109 cm³/mol. The predicted octanol–water partition coefficient (Wildman–Crippen LogP) is 2.38. The number of imide groups is 1. The summed E-state index contributed by atoms with van der Waals surface area (Å²) in [5.74, 6) is -0.442. The van der Waals surface area contributed by atoms with Crippen molar-refractivity contribution < 1.29 is 14.5 Å². The Morgan fingerprint density at radius 3 is 2.50 bits per heavy atom. The maximum absolute atomic E-state index is 13.2. The number of benzene rings is 2. The molecule has 1 N–H and O–H groups in total. The van der Waals surface area contributed by atoms with Gasteiger partial charge in [0.15, 0.2) is 0 Å². The molecule has 0 bridgehead atoms. The van der Waals surface area contributed by atoms with Crippen LogP contribution >= 0.6 is 0 Å². The summed E-state index contributed by atoms with van der Waals surface area (Å²) in [6.45, 7) is 1.51. The number of amides is 3. The van der Waals surface area contributed by atoms with Gasteiger partial charge in [-0.25, -0.2) is 4.79 Å². The van der Waals surface area contributed by atoms with Gasteiger partial charge in [-0.05, 0) is 23.3 Å². The molecule has 9 nitrogen and oxygen atoms in total. The Bertz CT molecular complexity index is 1250. The van der Waals surface area contributed by atoms with Crippen LogP contribution in [-0.2, 0) is 16.9 Å². The van der Waals surface area contributed by atoms with Gasteiger partial charge in [-0.1, -0.05) is 42.5 Å². The van der Waals surface area contributed by atoms with E-state index in [9.17, 15) is 24.5 Å². The van der Waals surface area contributed by atoms with Gasteiger partial charge in [0.2, 0.25) is 0 Å². The molecule has 3 aromatic rings. The first kappa shape index (κ1) is 19.3. The molecule has 3 amide bonds. The van der Waals surface area contributed by atoms with Gasteiger partial charge >= 0.3 is 6.03 Å². The molecule has 0 radical (unpaired) electrons. The second-order valence-corrected chi connectivity index (χ2v) is 7.21. The van der Waals surface area contributed by atoms with Crippen LogP contribution < -0.4 is 10.9 Å². The van der Waals surface area contributed by atoms with E-state index < -0.39 is 28.0 Å². The lowest BCUT2D eigenvalue weighted by Crippen LogP contribution is -2.41. The lowest BCUT2D eigenvalue weighted by molar-refractivity contribution is -0.385. The molecule has 0 aliphatic carbocycles. The molecule has 1 aliphatic rings. The number of hydrogen-bond donors (Lipinski definition) is 1. The second kappa shape index (κ2) is 7.11. The maximum Gasteiger partial charge on any atom is 0.325 e. The third-order valence-electron chi connectivity index (χ3n) is 5.35. The topological polar surface area (TPSA) is 115 Å². The summed E-state index contributed by atoms with van der Waals surface area (Å²) >= 11 is 0. The lowest BCUT2D eigenvalue weighted by Gasteiger charge is -2.24. The average molecular weight is 406 g/mol. The fourth-order valence-corrected chi connectivity index (χ4v) is 3.75. The number of carbonyl (C=O) groups is 2. The van der Waals surface area contributed by atoms with Crippen LogP contribution in [0.25, 0.3) is 10.8 Å². The summed E-state index contributed by atoms with van der Waals surface area (Å²) in [6.07, 6.45) is 1.10. The monoisotopic (exact) mass is 406 g/mol. The molecule has 2 aromatic carbocycles. The number of aromatic nitrogens is 1. The first-order chi connectivity index (χ1) is 14.3. The summed E-state index contributed by atoms with van der Waals surface area (Å²) in [4.78, 5) is 49.2. The second-order valence-electron chi connectivity index (χ2n) is 7.21. The van der Waals surface area contributed by atoms with Gasteiger partial charge in [0.05, 0.1) is 11.1 Å². The standard InChI is InChI=1S/C21H18N4O5/c1-21(17-8-4-6-14-5-2-3-7-16(14)17)19(27)24(20(28)22-21)12-11-23-13-15(25(29)30)9-10-18(23)26/h2-10,13H,11-12H2,1H3,(H,22,28). The molecule has 9 heteroatoms. The Morgan fingerprint density at radius 1 is 1.00 bits per heavy atom. The van der Waals surface area contributed by atoms with E-state index >= 15 is 0 Å². The van der Waals surface area contributed by atoms with Crippen molar-refractivity contribution in [2.45, 2.75) is 19.0 Å². The zero-order valence-corrected chi connectivity index (χ0v) is 16.1. The number of rotatable bonds is 5. The minimum atomic E-state index is -1.26. The van der Waals surface area contributed by atoms with Crippen LogP contribution in [0.2, 0.25) is 0 Å². The molecule has 1 saturated heterocycles. The van der Waals surface area contributed by atoms with Crippen molar-refractivity contribution in [2.75, 3.05) is 6.54 Å². The smallest absolute Gasteiger partial charge is 0.319 e. The van der Waals surface area contributed by atoms with Crippen LogP contribution in [-0.4, -0.2) is 32.9 Å². The van der Waals surface area contributed by atoms with E-state index in [0.717, 1.165) is 38.6 Å². The molecule has 1 unspecified atom stereocenters. The quantitative estimate of drug-likeness (QED) is 0.397. The van der Waals surface area contributed by atoms with Crippen LogP contribution in [0.15, 0.2) is 65.6 Å². The fourth-order valence-electron chi connectivity index (χ4n) is 3.75. The largest absolute Gasteiger partial charge is 0.325 e. The number of carbonyl (C=O) groups excluding carboxylic acids is 2. The number of pyridine rings is 1. The summed E-state index contributed by atoms with van der Waals surface area (Å²) in [5.41, 5.74) is -1.28. The van der Waals surface area contributed by atoms with Gasteiger partial charge < -0.3 is 9.88 Å². The van der Waals surface area contributed by atoms with E-state index in [1.165, 1.54) is 0 Å². The van der Waals surface area contributed by atoms with Crippen molar-refractivity contribution in [1.82, 2.24) is 14.8 Å². The molecule has 1 aromatic heterocycles. The van der Waals surface area contributed by atoms with Crippen LogP contribution in [0.5, 0.6) is 0 Å². The van der Waals surface area contributed by atoms with Crippen LogP contribution in [0, 0.1) is 10.1 Å². The number of hydrogen-bond acceptors (Lipinski definition) is 5. The van der Waals surface area contributed by atoms with Gasteiger partial charge in [0.1, 0.15) is 5.54 Å². The normalized spacial score (nSPS) is 18.6. The van der Waals surface area contributed by atoms with E-state index in [0.29, 0.717) is 5.56 Å². The van der Waals surface area contributed by atoms with Crippen LogP contribution in [0.1, 0.15) is 12.5 Å². The number of nitro groups is 1. The summed E-state index contributed by atoms with van der Waals surface area (Å²) in [6, 6.07) is 14.8. The Morgan fingerprint density at radius 2 is 1.73 bits per heavy atom. The molecule has 0 spiro atoms. The van der Waals surface area contributed by atoms with Gasteiger partial charge in [0, 0.05) is 25.2 Å². The molecule has 2 heterocycles. The first-order valence-electron chi connectivity index (χ1n) is 9.28. The SMILES string of the molecule is CC1(c2cccc3ccccc23)NC(=O)N(CCn2cc([N+](=O)[O-])ccc2=O)C1=O. The zero-order valence-electron chi connectivity index (χ0n) is 16.1. The first-order valence-corrected chi connectivity index (χ1v) is 9.28. The minimum Gasteiger partial charge on any atom is -0.319 e. The van der Waals surface area contributed by atoms with Crippen molar-refractivity contribution in [3.63, 3.8) is 0 Å². The van der Waals surface area contributed by atoms with E-state index in [2.05, 4.69) is 5.32 Å². The zero-order chi connectivity index (χ0) is 21.5. The highest BCUT2D eigenvalue weighted by atomic mass is 16.6. The molecule has 0 saturated carbocycles. The molecule has 152 valence electrons.